The smallest absolute Gasteiger partial charge is 0.133 e. The van der Waals surface area contributed by atoms with Crippen LogP contribution in [0.25, 0.3) is 0 Å². The Morgan fingerprint density at radius 2 is 2.12 bits per heavy atom. The molecule has 0 heterocycles. The highest BCUT2D eigenvalue weighted by atomic mass is 79.9. The van der Waals surface area contributed by atoms with Gasteiger partial charge in [-0.05, 0) is 54.4 Å². The highest BCUT2D eigenvalue weighted by Gasteiger charge is 2.12. The maximum absolute atomic E-state index is 12.8. The maximum atomic E-state index is 12.8. The molecule has 0 aliphatic rings. The molecule has 0 unspecified atom stereocenters. The molecule has 0 bridgehead atoms. The van der Waals surface area contributed by atoms with Crippen LogP contribution in [0.15, 0.2) is 22.7 Å². The Morgan fingerprint density at radius 3 is 2.71 bits per heavy atom. The van der Waals surface area contributed by atoms with Crippen LogP contribution in [-0.2, 0) is 0 Å². The summed E-state index contributed by atoms with van der Waals surface area (Å²) in [6.07, 6.45) is 1.06. The standard InChI is InChI=1S/C13H19BrFNO/c1-4-13(2,3)16-7-8-17-12-6-5-10(15)9-11(12)14/h5-6,9,16H,4,7-8H2,1-3H3. The van der Waals surface area contributed by atoms with Crippen LogP contribution < -0.4 is 10.1 Å². The lowest BCUT2D eigenvalue weighted by Crippen LogP contribution is -2.40. The third kappa shape index (κ3) is 5.04. The first-order valence-electron chi connectivity index (χ1n) is 5.77. The van der Waals surface area contributed by atoms with E-state index < -0.39 is 0 Å². The van der Waals surface area contributed by atoms with Crippen LogP contribution in [0.2, 0.25) is 0 Å². The fourth-order valence-corrected chi connectivity index (χ4v) is 1.73. The number of nitrogens with one attached hydrogen (secondary N) is 1. The van der Waals surface area contributed by atoms with Crippen molar-refractivity contribution in [3.63, 3.8) is 0 Å². The summed E-state index contributed by atoms with van der Waals surface area (Å²) in [5, 5.41) is 3.40. The van der Waals surface area contributed by atoms with Crippen molar-refractivity contribution in [2.24, 2.45) is 0 Å². The van der Waals surface area contributed by atoms with Gasteiger partial charge in [-0.3, -0.25) is 0 Å². The Morgan fingerprint density at radius 1 is 1.41 bits per heavy atom. The van der Waals surface area contributed by atoms with E-state index in [1.54, 1.807) is 6.07 Å². The topological polar surface area (TPSA) is 21.3 Å². The summed E-state index contributed by atoms with van der Waals surface area (Å²) < 4.78 is 19.0. The van der Waals surface area contributed by atoms with E-state index in [4.69, 9.17) is 4.74 Å². The van der Waals surface area contributed by atoms with Gasteiger partial charge in [-0.1, -0.05) is 6.92 Å². The molecule has 0 aliphatic heterocycles. The summed E-state index contributed by atoms with van der Waals surface area (Å²) in [6.45, 7) is 7.78. The van der Waals surface area contributed by atoms with E-state index in [0.717, 1.165) is 13.0 Å². The van der Waals surface area contributed by atoms with Gasteiger partial charge in [0, 0.05) is 12.1 Å². The third-order valence-corrected chi connectivity index (χ3v) is 3.36. The maximum Gasteiger partial charge on any atom is 0.133 e. The van der Waals surface area contributed by atoms with Gasteiger partial charge in [0.2, 0.25) is 0 Å². The highest BCUT2D eigenvalue weighted by molar-refractivity contribution is 9.10. The third-order valence-electron chi connectivity index (χ3n) is 2.74. The predicted octanol–water partition coefficient (Wildman–Crippen LogP) is 3.75. The van der Waals surface area contributed by atoms with Gasteiger partial charge in [-0.2, -0.15) is 0 Å². The molecule has 17 heavy (non-hydrogen) atoms. The number of hydrogen-bond acceptors (Lipinski definition) is 2. The van der Waals surface area contributed by atoms with Crippen LogP contribution in [0.1, 0.15) is 27.2 Å². The number of rotatable bonds is 6. The molecule has 0 spiro atoms. The zero-order chi connectivity index (χ0) is 12.9. The molecule has 96 valence electrons. The van der Waals surface area contributed by atoms with Gasteiger partial charge in [-0.15, -0.1) is 0 Å². The molecule has 0 radical (unpaired) electrons. The lowest BCUT2D eigenvalue weighted by molar-refractivity contribution is 0.279. The van der Waals surface area contributed by atoms with Crippen molar-refractivity contribution in [3.8, 4) is 5.75 Å². The minimum Gasteiger partial charge on any atom is -0.491 e. The molecule has 4 heteroatoms. The molecule has 1 rings (SSSR count). The van der Waals surface area contributed by atoms with Crippen molar-refractivity contribution in [3.05, 3.63) is 28.5 Å². The molecule has 0 fully saturated rings. The fourth-order valence-electron chi connectivity index (χ4n) is 1.27. The second kappa shape index (κ2) is 6.36. The van der Waals surface area contributed by atoms with E-state index in [0.29, 0.717) is 16.8 Å². The van der Waals surface area contributed by atoms with Crippen LogP contribution in [0.4, 0.5) is 4.39 Å². The summed E-state index contributed by atoms with van der Waals surface area (Å²) in [5.41, 5.74) is 0.128. The largest absolute Gasteiger partial charge is 0.491 e. The Kier molecular flexibility index (Phi) is 5.40. The van der Waals surface area contributed by atoms with Crippen molar-refractivity contribution < 1.29 is 9.13 Å². The summed E-state index contributed by atoms with van der Waals surface area (Å²) in [4.78, 5) is 0. The average Bonchev–Trinajstić information content (AvgIpc) is 2.27. The number of ether oxygens (including phenoxy) is 1. The number of halogens is 2. The average molecular weight is 304 g/mol. The molecule has 0 saturated carbocycles. The van der Waals surface area contributed by atoms with Gasteiger partial charge in [0.15, 0.2) is 0 Å². The number of benzene rings is 1. The van der Waals surface area contributed by atoms with Crippen LogP contribution in [0.3, 0.4) is 0 Å². The Bertz CT molecular complexity index is 368. The second-order valence-corrected chi connectivity index (χ2v) is 5.44. The molecule has 2 nitrogen and oxygen atoms in total. The summed E-state index contributed by atoms with van der Waals surface area (Å²) >= 11 is 3.27. The first-order chi connectivity index (χ1) is 7.94. The molecule has 0 aliphatic carbocycles. The fraction of sp³-hybridized carbons (Fsp3) is 0.538. The Labute approximate surface area is 111 Å². The number of hydrogen-bond donors (Lipinski definition) is 1. The minimum atomic E-state index is -0.269. The van der Waals surface area contributed by atoms with Crippen LogP contribution in [0.5, 0.6) is 5.75 Å². The van der Waals surface area contributed by atoms with Gasteiger partial charge >= 0.3 is 0 Å². The first-order valence-corrected chi connectivity index (χ1v) is 6.57. The van der Waals surface area contributed by atoms with Gasteiger partial charge < -0.3 is 10.1 Å². The molecule has 1 aromatic rings. The van der Waals surface area contributed by atoms with Crippen LogP contribution in [-0.4, -0.2) is 18.7 Å². The minimum absolute atomic E-state index is 0.128. The monoisotopic (exact) mass is 303 g/mol. The summed E-state index contributed by atoms with van der Waals surface area (Å²) in [7, 11) is 0. The molecular weight excluding hydrogens is 285 g/mol. The summed E-state index contributed by atoms with van der Waals surface area (Å²) in [6, 6.07) is 4.42. The Balaban J connectivity index is 2.36. The molecule has 1 N–H and O–H groups in total. The lowest BCUT2D eigenvalue weighted by Gasteiger charge is -2.24. The predicted molar refractivity (Wildman–Crippen MR) is 72.0 cm³/mol. The van der Waals surface area contributed by atoms with Crippen molar-refractivity contribution in [1.82, 2.24) is 5.32 Å². The zero-order valence-electron chi connectivity index (χ0n) is 10.5. The second-order valence-electron chi connectivity index (χ2n) is 4.59. The van der Waals surface area contributed by atoms with Crippen molar-refractivity contribution in [1.29, 1.82) is 0 Å². The first kappa shape index (κ1) is 14.5. The molecule has 0 aromatic heterocycles. The van der Waals surface area contributed by atoms with Crippen LogP contribution in [0, 0.1) is 5.82 Å². The zero-order valence-corrected chi connectivity index (χ0v) is 12.1. The van der Waals surface area contributed by atoms with E-state index >= 15 is 0 Å². The van der Waals surface area contributed by atoms with Gasteiger partial charge in [0.05, 0.1) is 4.47 Å². The van der Waals surface area contributed by atoms with Crippen LogP contribution >= 0.6 is 15.9 Å². The van der Waals surface area contributed by atoms with E-state index in [1.165, 1.54) is 12.1 Å². The van der Waals surface area contributed by atoms with Crippen molar-refractivity contribution in [2.45, 2.75) is 32.7 Å². The SMILES string of the molecule is CCC(C)(C)NCCOc1ccc(F)cc1Br. The van der Waals surface area contributed by atoms with Gasteiger partial charge in [0.1, 0.15) is 18.2 Å². The molecule has 0 saturated heterocycles. The lowest BCUT2D eigenvalue weighted by atomic mass is 10.0. The van der Waals surface area contributed by atoms with Crippen molar-refractivity contribution in [2.75, 3.05) is 13.2 Å². The Hall–Kier alpha value is -0.610. The highest BCUT2D eigenvalue weighted by Crippen LogP contribution is 2.25. The van der Waals surface area contributed by atoms with Gasteiger partial charge in [-0.25, -0.2) is 4.39 Å². The molecule has 1 aromatic carbocycles. The van der Waals surface area contributed by atoms with Crippen molar-refractivity contribution >= 4 is 15.9 Å². The normalized spacial score (nSPS) is 11.6. The van der Waals surface area contributed by atoms with E-state index in [9.17, 15) is 4.39 Å². The van der Waals surface area contributed by atoms with E-state index in [2.05, 4.69) is 42.0 Å². The van der Waals surface area contributed by atoms with E-state index in [-0.39, 0.29) is 11.4 Å². The van der Waals surface area contributed by atoms with E-state index in [1.807, 2.05) is 0 Å². The summed E-state index contributed by atoms with van der Waals surface area (Å²) in [5.74, 6) is 0.400. The molecule has 0 atom stereocenters. The quantitative estimate of drug-likeness (QED) is 0.808. The van der Waals surface area contributed by atoms with Gasteiger partial charge in [0.25, 0.3) is 0 Å². The molecular formula is C13H19BrFNO. The molecule has 0 amide bonds.